The van der Waals surface area contributed by atoms with Gasteiger partial charge in [-0.05, 0) is 26.2 Å². The molecule has 0 aliphatic carbocycles. The molecule has 15 heavy (non-hydrogen) atoms. The van der Waals surface area contributed by atoms with E-state index in [1.807, 2.05) is 6.92 Å². The Hall–Kier alpha value is -0.900. The van der Waals surface area contributed by atoms with Crippen LogP contribution in [0.25, 0.3) is 0 Å². The van der Waals surface area contributed by atoms with E-state index in [1.165, 1.54) is 19.3 Å². The van der Waals surface area contributed by atoms with Crippen LogP contribution in [0.3, 0.4) is 0 Å². The first kappa shape index (κ1) is 10.6. The first-order chi connectivity index (χ1) is 7.15. The highest BCUT2D eigenvalue weighted by Gasteiger charge is 2.27. The summed E-state index contributed by atoms with van der Waals surface area (Å²) in [6.07, 6.45) is 5.68. The number of nitrogens with two attached hydrogens (primary N) is 1. The summed E-state index contributed by atoms with van der Waals surface area (Å²) >= 11 is 0. The second kappa shape index (κ2) is 3.93. The van der Waals surface area contributed by atoms with Crippen LogP contribution in [0.4, 0.5) is 0 Å². The molecule has 1 unspecified atom stereocenters. The van der Waals surface area contributed by atoms with Gasteiger partial charge in [-0.25, -0.2) is 0 Å². The molecule has 0 radical (unpaired) electrons. The molecule has 84 valence electrons. The van der Waals surface area contributed by atoms with Gasteiger partial charge in [0.05, 0.1) is 5.54 Å². The van der Waals surface area contributed by atoms with Crippen molar-refractivity contribution < 1.29 is 0 Å². The summed E-state index contributed by atoms with van der Waals surface area (Å²) in [6, 6.07) is 0. The average molecular weight is 208 g/mol. The van der Waals surface area contributed by atoms with Crippen LogP contribution in [-0.2, 0) is 18.5 Å². The monoisotopic (exact) mass is 208 g/mol. The van der Waals surface area contributed by atoms with E-state index >= 15 is 0 Å². The molecule has 1 aliphatic rings. The molecule has 0 fully saturated rings. The molecular weight excluding hydrogens is 188 g/mol. The Morgan fingerprint density at radius 1 is 1.33 bits per heavy atom. The maximum Gasteiger partial charge on any atom is 0.152 e. The normalized spacial score (nSPS) is 20.5. The Balaban J connectivity index is 2.37. The summed E-state index contributed by atoms with van der Waals surface area (Å²) in [6.45, 7) is 5.16. The number of hydrogen-bond acceptors (Lipinski definition) is 3. The van der Waals surface area contributed by atoms with Crippen molar-refractivity contribution in [3.63, 3.8) is 0 Å². The van der Waals surface area contributed by atoms with Gasteiger partial charge in [0.2, 0.25) is 0 Å². The summed E-state index contributed by atoms with van der Waals surface area (Å²) in [5, 5.41) is 8.53. The Morgan fingerprint density at radius 3 is 2.87 bits per heavy atom. The molecule has 1 aliphatic heterocycles. The number of hydrogen-bond donors (Lipinski definition) is 1. The third-order valence-electron chi connectivity index (χ3n) is 3.35. The summed E-state index contributed by atoms with van der Waals surface area (Å²) in [5.41, 5.74) is 5.90. The van der Waals surface area contributed by atoms with Gasteiger partial charge in [0.15, 0.2) is 5.82 Å². The minimum Gasteiger partial charge on any atom is -0.319 e. The minimum absolute atomic E-state index is 0.338. The fraction of sp³-hybridized carbons (Fsp3) is 0.818. The largest absolute Gasteiger partial charge is 0.319 e. The molecule has 1 atom stereocenters. The highest BCUT2D eigenvalue weighted by Crippen LogP contribution is 2.23. The van der Waals surface area contributed by atoms with Crippen LogP contribution in [0, 0.1) is 0 Å². The van der Waals surface area contributed by atoms with E-state index < -0.39 is 0 Å². The standard InChI is InChI=1S/C11H20N4/c1-3-11(2,12)10-14-13-9-7-5-4-6-8-15(9)10/h3-8,12H2,1-2H3. The van der Waals surface area contributed by atoms with Crippen LogP contribution in [0.15, 0.2) is 0 Å². The Bertz CT molecular complexity index is 340. The van der Waals surface area contributed by atoms with Gasteiger partial charge in [0.1, 0.15) is 5.82 Å². The molecule has 2 heterocycles. The van der Waals surface area contributed by atoms with Crippen molar-refractivity contribution in [2.75, 3.05) is 0 Å². The maximum atomic E-state index is 6.23. The van der Waals surface area contributed by atoms with Crippen molar-refractivity contribution in [3.8, 4) is 0 Å². The number of aromatic nitrogens is 3. The van der Waals surface area contributed by atoms with E-state index in [1.54, 1.807) is 0 Å². The van der Waals surface area contributed by atoms with E-state index in [2.05, 4.69) is 21.7 Å². The van der Waals surface area contributed by atoms with E-state index in [4.69, 9.17) is 5.73 Å². The van der Waals surface area contributed by atoms with Crippen molar-refractivity contribution in [2.24, 2.45) is 5.73 Å². The second-order valence-electron chi connectivity index (χ2n) is 4.67. The lowest BCUT2D eigenvalue weighted by molar-refractivity contribution is 0.415. The topological polar surface area (TPSA) is 56.7 Å². The molecule has 2 rings (SSSR count). The third kappa shape index (κ3) is 1.91. The number of rotatable bonds is 2. The van der Waals surface area contributed by atoms with Crippen molar-refractivity contribution in [1.29, 1.82) is 0 Å². The van der Waals surface area contributed by atoms with Gasteiger partial charge in [-0.2, -0.15) is 0 Å². The molecular formula is C11H20N4. The Morgan fingerprint density at radius 2 is 2.13 bits per heavy atom. The molecule has 0 aromatic carbocycles. The Kier molecular flexibility index (Phi) is 2.78. The highest BCUT2D eigenvalue weighted by molar-refractivity contribution is 5.07. The SMILES string of the molecule is CCC(C)(N)c1nnc2n1CCCCC2. The Labute approximate surface area is 90.9 Å². The fourth-order valence-electron chi connectivity index (χ4n) is 2.07. The first-order valence-electron chi connectivity index (χ1n) is 5.86. The molecule has 0 saturated carbocycles. The fourth-order valence-corrected chi connectivity index (χ4v) is 2.07. The summed E-state index contributed by atoms with van der Waals surface area (Å²) in [5.74, 6) is 2.08. The first-order valence-corrected chi connectivity index (χ1v) is 5.86. The molecule has 0 bridgehead atoms. The zero-order valence-corrected chi connectivity index (χ0v) is 9.66. The maximum absolute atomic E-state index is 6.23. The number of aryl methyl sites for hydroxylation is 1. The molecule has 4 nitrogen and oxygen atoms in total. The third-order valence-corrected chi connectivity index (χ3v) is 3.35. The van der Waals surface area contributed by atoms with Gasteiger partial charge >= 0.3 is 0 Å². The minimum atomic E-state index is -0.338. The van der Waals surface area contributed by atoms with Gasteiger partial charge < -0.3 is 10.3 Å². The van der Waals surface area contributed by atoms with Gasteiger partial charge in [0, 0.05) is 13.0 Å². The molecule has 1 aromatic rings. The zero-order chi connectivity index (χ0) is 10.9. The molecule has 1 aromatic heterocycles. The number of fused-ring (bicyclic) bond motifs is 1. The van der Waals surface area contributed by atoms with E-state index in [-0.39, 0.29) is 5.54 Å². The average Bonchev–Trinajstić information content (AvgIpc) is 2.49. The molecule has 0 amide bonds. The molecule has 0 saturated heterocycles. The van der Waals surface area contributed by atoms with Crippen molar-refractivity contribution in [3.05, 3.63) is 11.6 Å². The van der Waals surface area contributed by atoms with Crippen LogP contribution in [0.2, 0.25) is 0 Å². The van der Waals surface area contributed by atoms with E-state index in [9.17, 15) is 0 Å². The van der Waals surface area contributed by atoms with Crippen LogP contribution in [0.5, 0.6) is 0 Å². The van der Waals surface area contributed by atoms with Crippen LogP contribution >= 0.6 is 0 Å². The smallest absolute Gasteiger partial charge is 0.152 e. The van der Waals surface area contributed by atoms with Gasteiger partial charge in [0.25, 0.3) is 0 Å². The van der Waals surface area contributed by atoms with Crippen molar-refractivity contribution >= 4 is 0 Å². The molecule has 4 heteroatoms. The van der Waals surface area contributed by atoms with E-state index in [0.717, 1.165) is 31.0 Å². The second-order valence-corrected chi connectivity index (χ2v) is 4.67. The molecule has 2 N–H and O–H groups in total. The van der Waals surface area contributed by atoms with Crippen LogP contribution < -0.4 is 5.73 Å². The zero-order valence-electron chi connectivity index (χ0n) is 9.66. The van der Waals surface area contributed by atoms with Gasteiger partial charge in [-0.1, -0.05) is 13.3 Å². The van der Waals surface area contributed by atoms with Gasteiger partial charge in [-0.15, -0.1) is 10.2 Å². The van der Waals surface area contributed by atoms with Crippen molar-refractivity contribution in [1.82, 2.24) is 14.8 Å². The predicted molar refractivity (Wildman–Crippen MR) is 59.4 cm³/mol. The number of nitrogens with zero attached hydrogens (tertiary/aromatic N) is 3. The lowest BCUT2D eigenvalue weighted by atomic mass is 9.99. The highest BCUT2D eigenvalue weighted by atomic mass is 15.3. The summed E-state index contributed by atoms with van der Waals surface area (Å²) in [4.78, 5) is 0. The van der Waals surface area contributed by atoms with E-state index in [0.29, 0.717) is 0 Å². The lowest BCUT2D eigenvalue weighted by Gasteiger charge is -2.22. The quantitative estimate of drug-likeness (QED) is 0.803. The lowest BCUT2D eigenvalue weighted by Crippen LogP contribution is -2.35. The summed E-state index contributed by atoms with van der Waals surface area (Å²) in [7, 11) is 0. The van der Waals surface area contributed by atoms with Crippen LogP contribution in [0.1, 0.15) is 51.2 Å². The van der Waals surface area contributed by atoms with Crippen molar-refractivity contribution in [2.45, 2.75) is 58.0 Å². The summed E-state index contributed by atoms with van der Waals surface area (Å²) < 4.78 is 2.23. The predicted octanol–water partition coefficient (Wildman–Crippen LogP) is 1.59. The molecule has 0 spiro atoms. The van der Waals surface area contributed by atoms with Crippen LogP contribution in [-0.4, -0.2) is 14.8 Å². The van der Waals surface area contributed by atoms with Gasteiger partial charge in [-0.3, -0.25) is 0 Å².